The first-order valence-electron chi connectivity index (χ1n) is 6.71. The van der Waals surface area contributed by atoms with Crippen molar-refractivity contribution in [1.29, 1.82) is 0 Å². The summed E-state index contributed by atoms with van der Waals surface area (Å²) in [5, 5.41) is 9.30. The highest BCUT2D eigenvalue weighted by atomic mass is 16.3. The van der Waals surface area contributed by atoms with Crippen molar-refractivity contribution >= 4 is 11.6 Å². The molecule has 2 rings (SSSR count). The van der Waals surface area contributed by atoms with E-state index in [2.05, 4.69) is 21.8 Å². The number of piperidine rings is 1. The van der Waals surface area contributed by atoms with Gasteiger partial charge in [0, 0.05) is 25.3 Å². The zero-order valence-electron chi connectivity index (χ0n) is 11.0. The van der Waals surface area contributed by atoms with Crippen molar-refractivity contribution < 1.29 is 5.11 Å². The van der Waals surface area contributed by atoms with Gasteiger partial charge in [-0.1, -0.05) is 13.3 Å². The maximum atomic E-state index is 9.30. The van der Waals surface area contributed by atoms with Gasteiger partial charge in [0.05, 0.1) is 0 Å². The molecule has 100 valence electrons. The number of aromatic nitrogens is 2. The van der Waals surface area contributed by atoms with Crippen LogP contribution < -0.4 is 10.6 Å². The van der Waals surface area contributed by atoms with E-state index in [0.717, 1.165) is 50.2 Å². The van der Waals surface area contributed by atoms with E-state index in [9.17, 15) is 5.11 Å². The van der Waals surface area contributed by atoms with E-state index >= 15 is 0 Å². The van der Waals surface area contributed by atoms with Crippen molar-refractivity contribution in [2.45, 2.75) is 32.6 Å². The summed E-state index contributed by atoms with van der Waals surface area (Å²) in [6.45, 7) is 4.23. The average Bonchev–Trinajstić information content (AvgIpc) is 2.41. The molecule has 18 heavy (non-hydrogen) atoms. The van der Waals surface area contributed by atoms with Gasteiger partial charge in [0.1, 0.15) is 18.0 Å². The van der Waals surface area contributed by atoms with Crippen LogP contribution in [0.2, 0.25) is 0 Å². The zero-order chi connectivity index (χ0) is 13.0. The van der Waals surface area contributed by atoms with E-state index in [4.69, 9.17) is 5.73 Å². The van der Waals surface area contributed by atoms with Gasteiger partial charge in [-0.25, -0.2) is 9.97 Å². The first kappa shape index (κ1) is 13.1. The molecule has 0 aliphatic carbocycles. The Labute approximate surface area is 108 Å². The maximum absolute atomic E-state index is 9.30. The molecule has 2 heterocycles. The lowest BCUT2D eigenvalue weighted by molar-refractivity contribution is 0.208. The predicted octanol–water partition coefficient (Wildman–Crippen LogP) is 1.22. The topological polar surface area (TPSA) is 75.3 Å². The van der Waals surface area contributed by atoms with Gasteiger partial charge in [-0.05, 0) is 25.2 Å². The number of aliphatic hydroxyl groups is 1. The SMILES string of the molecule is CCCc1c(N)ncnc1N1CCCC(CO)C1. The van der Waals surface area contributed by atoms with Crippen molar-refractivity contribution in [3.05, 3.63) is 11.9 Å². The fraction of sp³-hybridized carbons (Fsp3) is 0.692. The highest BCUT2D eigenvalue weighted by molar-refractivity contribution is 5.56. The molecule has 5 heteroatoms. The summed E-state index contributed by atoms with van der Waals surface area (Å²) in [5.41, 5.74) is 7.01. The summed E-state index contributed by atoms with van der Waals surface area (Å²) in [6, 6.07) is 0. The molecule has 0 bridgehead atoms. The largest absolute Gasteiger partial charge is 0.396 e. The van der Waals surface area contributed by atoms with Crippen LogP contribution in [0.4, 0.5) is 11.6 Å². The molecule has 0 saturated carbocycles. The van der Waals surface area contributed by atoms with Gasteiger partial charge in [0.15, 0.2) is 0 Å². The van der Waals surface area contributed by atoms with Gasteiger partial charge in [-0.3, -0.25) is 0 Å². The molecule has 1 aliphatic rings. The second kappa shape index (κ2) is 6.00. The molecular weight excluding hydrogens is 228 g/mol. The fourth-order valence-corrected chi connectivity index (χ4v) is 2.58. The standard InChI is InChI=1S/C13H22N4O/c1-2-4-11-12(14)15-9-16-13(11)17-6-3-5-10(7-17)8-18/h9-10,18H,2-8H2,1H3,(H2,14,15,16). The van der Waals surface area contributed by atoms with E-state index in [0.29, 0.717) is 11.7 Å². The molecule has 3 N–H and O–H groups in total. The smallest absolute Gasteiger partial charge is 0.137 e. The Morgan fingerprint density at radius 2 is 2.33 bits per heavy atom. The highest BCUT2D eigenvalue weighted by Crippen LogP contribution is 2.27. The van der Waals surface area contributed by atoms with Crippen LogP contribution in [-0.4, -0.2) is 34.8 Å². The van der Waals surface area contributed by atoms with Crippen LogP contribution in [-0.2, 0) is 6.42 Å². The maximum Gasteiger partial charge on any atom is 0.137 e. The van der Waals surface area contributed by atoms with Gasteiger partial charge in [0.25, 0.3) is 0 Å². The van der Waals surface area contributed by atoms with Crippen LogP contribution in [0.1, 0.15) is 31.7 Å². The minimum Gasteiger partial charge on any atom is -0.396 e. The quantitative estimate of drug-likeness (QED) is 0.840. The molecule has 5 nitrogen and oxygen atoms in total. The monoisotopic (exact) mass is 250 g/mol. The van der Waals surface area contributed by atoms with Gasteiger partial charge in [0.2, 0.25) is 0 Å². The van der Waals surface area contributed by atoms with Crippen molar-refractivity contribution in [2.24, 2.45) is 5.92 Å². The van der Waals surface area contributed by atoms with Crippen molar-refractivity contribution in [3.8, 4) is 0 Å². The van der Waals surface area contributed by atoms with Crippen molar-refractivity contribution in [3.63, 3.8) is 0 Å². The number of rotatable bonds is 4. The van der Waals surface area contributed by atoms with Crippen molar-refractivity contribution in [2.75, 3.05) is 30.3 Å². The molecule has 1 atom stereocenters. The van der Waals surface area contributed by atoms with Crippen LogP contribution in [0.15, 0.2) is 6.33 Å². The molecule has 1 aliphatic heterocycles. The lowest BCUT2D eigenvalue weighted by Gasteiger charge is -2.33. The Balaban J connectivity index is 2.23. The van der Waals surface area contributed by atoms with E-state index in [1.54, 1.807) is 0 Å². The Morgan fingerprint density at radius 1 is 1.50 bits per heavy atom. The zero-order valence-corrected chi connectivity index (χ0v) is 11.0. The number of nitrogen functional groups attached to an aromatic ring is 1. The van der Waals surface area contributed by atoms with E-state index < -0.39 is 0 Å². The molecule has 1 unspecified atom stereocenters. The molecule has 0 amide bonds. The van der Waals surface area contributed by atoms with Gasteiger partial charge >= 0.3 is 0 Å². The Morgan fingerprint density at radius 3 is 3.06 bits per heavy atom. The van der Waals surface area contributed by atoms with E-state index in [1.165, 1.54) is 6.33 Å². The lowest BCUT2D eigenvalue weighted by atomic mass is 9.98. The van der Waals surface area contributed by atoms with Crippen LogP contribution in [0.5, 0.6) is 0 Å². The number of anilines is 2. The normalized spacial score (nSPS) is 20.1. The Kier molecular flexibility index (Phi) is 4.36. The first-order valence-corrected chi connectivity index (χ1v) is 6.71. The van der Waals surface area contributed by atoms with E-state index in [-0.39, 0.29) is 6.61 Å². The van der Waals surface area contributed by atoms with E-state index in [1.807, 2.05) is 0 Å². The predicted molar refractivity (Wildman–Crippen MR) is 72.5 cm³/mol. The first-order chi connectivity index (χ1) is 8.76. The third-order valence-corrected chi connectivity index (χ3v) is 3.53. The number of hydrogen-bond donors (Lipinski definition) is 2. The summed E-state index contributed by atoms with van der Waals surface area (Å²) in [6.07, 6.45) is 5.66. The van der Waals surface area contributed by atoms with Crippen LogP contribution in [0.25, 0.3) is 0 Å². The fourth-order valence-electron chi connectivity index (χ4n) is 2.58. The number of nitrogens with zero attached hydrogens (tertiary/aromatic N) is 3. The Hall–Kier alpha value is -1.36. The lowest BCUT2D eigenvalue weighted by Crippen LogP contribution is -2.38. The summed E-state index contributed by atoms with van der Waals surface area (Å²) in [4.78, 5) is 10.7. The summed E-state index contributed by atoms with van der Waals surface area (Å²) in [7, 11) is 0. The molecule has 1 fully saturated rings. The molecular formula is C13H22N4O. The second-order valence-electron chi connectivity index (χ2n) is 4.95. The molecule has 0 radical (unpaired) electrons. The van der Waals surface area contributed by atoms with Crippen LogP contribution >= 0.6 is 0 Å². The van der Waals surface area contributed by atoms with Crippen LogP contribution in [0.3, 0.4) is 0 Å². The minimum absolute atomic E-state index is 0.250. The summed E-state index contributed by atoms with van der Waals surface area (Å²) in [5.74, 6) is 1.90. The van der Waals surface area contributed by atoms with Crippen LogP contribution in [0, 0.1) is 5.92 Å². The third kappa shape index (κ3) is 2.72. The number of nitrogens with two attached hydrogens (primary N) is 1. The average molecular weight is 250 g/mol. The Bertz CT molecular complexity index is 397. The minimum atomic E-state index is 0.250. The third-order valence-electron chi connectivity index (χ3n) is 3.53. The molecule has 1 aromatic rings. The molecule has 1 saturated heterocycles. The number of hydrogen-bond acceptors (Lipinski definition) is 5. The van der Waals surface area contributed by atoms with Gasteiger partial charge in [-0.15, -0.1) is 0 Å². The molecule has 1 aromatic heterocycles. The summed E-state index contributed by atoms with van der Waals surface area (Å²) >= 11 is 0. The highest BCUT2D eigenvalue weighted by Gasteiger charge is 2.23. The molecule has 0 aromatic carbocycles. The molecule has 0 spiro atoms. The van der Waals surface area contributed by atoms with Crippen molar-refractivity contribution in [1.82, 2.24) is 9.97 Å². The van der Waals surface area contributed by atoms with Gasteiger partial charge < -0.3 is 15.7 Å². The second-order valence-corrected chi connectivity index (χ2v) is 4.95. The van der Waals surface area contributed by atoms with Gasteiger partial charge in [-0.2, -0.15) is 0 Å². The number of aliphatic hydroxyl groups excluding tert-OH is 1. The summed E-state index contributed by atoms with van der Waals surface area (Å²) < 4.78 is 0.